The summed E-state index contributed by atoms with van der Waals surface area (Å²) in [6.07, 6.45) is 1.42. The third kappa shape index (κ3) is 9.98. The van der Waals surface area contributed by atoms with Crippen LogP contribution in [0, 0.1) is 11.8 Å². The topological polar surface area (TPSA) is 146 Å². The second-order valence-electron chi connectivity index (χ2n) is 12.1. The first kappa shape index (κ1) is 31.7. The normalized spacial score (nSPS) is 21.3. The molecule has 10 nitrogen and oxygen atoms in total. The first-order valence-corrected chi connectivity index (χ1v) is 14.3. The number of aliphatic hydroxyl groups excluding tert-OH is 1. The van der Waals surface area contributed by atoms with E-state index in [1.807, 2.05) is 58.0 Å². The number of benzene rings is 1. The molecule has 10 heteroatoms. The summed E-state index contributed by atoms with van der Waals surface area (Å²) in [5.41, 5.74) is -0.0777. The first-order valence-electron chi connectivity index (χ1n) is 14.3. The van der Waals surface area contributed by atoms with Crippen LogP contribution in [0.2, 0.25) is 0 Å². The van der Waals surface area contributed by atoms with E-state index in [-0.39, 0.29) is 36.8 Å². The zero-order valence-corrected chi connectivity index (χ0v) is 24.3. The molecule has 222 valence electrons. The van der Waals surface area contributed by atoms with E-state index in [2.05, 4.69) is 16.0 Å². The molecule has 0 aromatic heterocycles. The SMILES string of the molecule is CC(C)C[C@H](NC(=O)[C@@H](O)COC1CC1)C(=O)N[C@@H](Cc1ccccc1)C(=O)N[C@@H](CC(C)C)C(=O)[C@@]1(C)CO1. The fourth-order valence-electron chi connectivity index (χ4n) is 4.43. The van der Waals surface area contributed by atoms with Crippen molar-refractivity contribution in [2.24, 2.45) is 11.8 Å². The molecule has 0 unspecified atom stereocenters. The fourth-order valence-corrected chi connectivity index (χ4v) is 4.43. The molecule has 3 rings (SSSR count). The van der Waals surface area contributed by atoms with E-state index in [1.54, 1.807) is 6.92 Å². The lowest BCUT2D eigenvalue weighted by molar-refractivity contribution is -0.138. The van der Waals surface area contributed by atoms with Gasteiger partial charge in [0.25, 0.3) is 5.91 Å². The Morgan fingerprint density at radius 2 is 1.43 bits per heavy atom. The number of amides is 3. The van der Waals surface area contributed by atoms with E-state index in [4.69, 9.17) is 9.47 Å². The number of carbonyl (C=O) groups excluding carboxylic acids is 4. The Labute approximate surface area is 236 Å². The van der Waals surface area contributed by atoms with E-state index in [1.165, 1.54) is 0 Å². The van der Waals surface area contributed by atoms with Gasteiger partial charge in [-0.05, 0) is 50.0 Å². The predicted molar refractivity (Wildman–Crippen MR) is 149 cm³/mol. The van der Waals surface area contributed by atoms with Crippen molar-refractivity contribution in [1.82, 2.24) is 16.0 Å². The van der Waals surface area contributed by atoms with Gasteiger partial charge in [-0.25, -0.2) is 0 Å². The maximum atomic E-state index is 13.6. The maximum absolute atomic E-state index is 13.6. The molecule has 1 aliphatic heterocycles. The highest BCUT2D eigenvalue weighted by Gasteiger charge is 2.50. The number of ether oxygens (including phenoxy) is 2. The number of rotatable bonds is 17. The lowest BCUT2D eigenvalue weighted by atomic mass is 9.93. The van der Waals surface area contributed by atoms with Crippen molar-refractivity contribution >= 4 is 23.5 Å². The molecule has 4 N–H and O–H groups in total. The number of epoxide rings is 1. The monoisotopic (exact) mass is 559 g/mol. The molecule has 40 heavy (non-hydrogen) atoms. The molecule has 0 radical (unpaired) electrons. The number of hydrogen-bond donors (Lipinski definition) is 4. The van der Waals surface area contributed by atoms with Gasteiger partial charge >= 0.3 is 0 Å². The molecule has 1 aromatic rings. The van der Waals surface area contributed by atoms with Crippen LogP contribution >= 0.6 is 0 Å². The molecule has 3 amide bonds. The average Bonchev–Trinajstić information content (AvgIpc) is 3.83. The van der Waals surface area contributed by atoms with Crippen molar-refractivity contribution < 1.29 is 33.8 Å². The molecule has 5 atom stereocenters. The van der Waals surface area contributed by atoms with Crippen LogP contribution in [0.1, 0.15) is 65.9 Å². The van der Waals surface area contributed by atoms with Gasteiger partial charge < -0.3 is 30.5 Å². The van der Waals surface area contributed by atoms with Gasteiger partial charge in [-0.15, -0.1) is 0 Å². The van der Waals surface area contributed by atoms with Crippen LogP contribution in [0.15, 0.2) is 30.3 Å². The quantitative estimate of drug-likeness (QED) is 0.212. The van der Waals surface area contributed by atoms with E-state index < -0.39 is 47.6 Å². The first-order chi connectivity index (χ1) is 18.9. The molecule has 1 heterocycles. The van der Waals surface area contributed by atoms with Crippen LogP contribution in [0.4, 0.5) is 0 Å². The van der Waals surface area contributed by atoms with Gasteiger partial charge in [0, 0.05) is 6.42 Å². The number of ketones is 1. The standard InChI is InChI=1S/C30H45N3O7/c1-18(2)13-22(26(35)30(5)17-40-30)31-28(37)24(15-20-9-7-6-8-10-20)32-27(36)23(14-19(3)4)33-29(38)25(34)16-39-21-11-12-21/h6-10,18-19,21-25,34H,11-17H2,1-5H3,(H,31,37)(H,32,36)(H,33,38)/t22-,23-,24-,25-,30+/m0/s1. The zero-order valence-electron chi connectivity index (χ0n) is 24.3. The van der Waals surface area contributed by atoms with Crippen LogP contribution in [0.5, 0.6) is 0 Å². The number of nitrogens with one attached hydrogen (secondary N) is 3. The summed E-state index contributed by atoms with van der Waals surface area (Å²) in [6.45, 7) is 9.64. The van der Waals surface area contributed by atoms with Crippen LogP contribution in [0.3, 0.4) is 0 Å². The average molecular weight is 560 g/mol. The smallest absolute Gasteiger partial charge is 0.251 e. The molecular formula is C30H45N3O7. The van der Waals surface area contributed by atoms with Crippen molar-refractivity contribution in [3.8, 4) is 0 Å². The summed E-state index contributed by atoms with van der Waals surface area (Å²) in [7, 11) is 0. The number of carbonyl (C=O) groups is 4. The Kier molecular flexibility index (Phi) is 11.2. The maximum Gasteiger partial charge on any atom is 0.251 e. The van der Waals surface area contributed by atoms with Crippen molar-refractivity contribution in [2.75, 3.05) is 13.2 Å². The Hall–Kier alpha value is -2.82. The number of Topliss-reactive ketones (excluding diaryl/α,β-unsaturated/α-hetero) is 1. The molecular weight excluding hydrogens is 514 g/mol. The molecule has 2 aliphatic rings. The molecule has 1 saturated carbocycles. The molecule has 1 saturated heterocycles. The zero-order chi connectivity index (χ0) is 29.4. The Morgan fingerprint density at radius 3 is 1.98 bits per heavy atom. The van der Waals surface area contributed by atoms with Crippen LogP contribution in [-0.4, -0.2) is 77.8 Å². The minimum atomic E-state index is -1.40. The Balaban J connectivity index is 1.74. The van der Waals surface area contributed by atoms with Gasteiger partial charge in [-0.1, -0.05) is 58.0 Å². The minimum absolute atomic E-state index is 0.0460. The number of hydrogen-bond acceptors (Lipinski definition) is 7. The summed E-state index contributed by atoms with van der Waals surface area (Å²) < 4.78 is 10.8. The van der Waals surface area contributed by atoms with Gasteiger partial charge in [0.1, 0.15) is 17.7 Å². The van der Waals surface area contributed by atoms with Crippen molar-refractivity contribution in [3.05, 3.63) is 35.9 Å². The second-order valence-corrected chi connectivity index (χ2v) is 12.1. The van der Waals surface area contributed by atoms with Crippen LogP contribution in [0.25, 0.3) is 0 Å². The van der Waals surface area contributed by atoms with E-state index in [9.17, 15) is 24.3 Å². The largest absolute Gasteiger partial charge is 0.381 e. The Bertz CT molecular complexity index is 1020. The van der Waals surface area contributed by atoms with Gasteiger partial charge in [-0.3, -0.25) is 19.2 Å². The van der Waals surface area contributed by atoms with E-state index >= 15 is 0 Å². The van der Waals surface area contributed by atoms with Gasteiger partial charge in [-0.2, -0.15) is 0 Å². The van der Waals surface area contributed by atoms with Crippen molar-refractivity contribution in [2.45, 2.75) is 103 Å². The highest BCUT2D eigenvalue weighted by Crippen LogP contribution is 2.29. The van der Waals surface area contributed by atoms with Crippen LogP contribution in [-0.2, 0) is 35.1 Å². The predicted octanol–water partition coefficient (Wildman–Crippen LogP) is 1.67. The summed E-state index contributed by atoms with van der Waals surface area (Å²) >= 11 is 0. The molecule has 1 aromatic carbocycles. The van der Waals surface area contributed by atoms with Gasteiger partial charge in [0.05, 0.1) is 25.4 Å². The summed E-state index contributed by atoms with van der Waals surface area (Å²) in [5.74, 6) is -1.74. The fraction of sp³-hybridized carbons (Fsp3) is 0.667. The Morgan fingerprint density at radius 1 is 0.900 bits per heavy atom. The lowest BCUT2D eigenvalue weighted by Crippen LogP contribution is -2.58. The third-order valence-corrected chi connectivity index (χ3v) is 7.01. The molecule has 2 fully saturated rings. The van der Waals surface area contributed by atoms with Crippen molar-refractivity contribution in [1.29, 1.82) is 0 Å². The summed E-state index contributed by atoms with van der Waals surface area (Å²) in [6, 6.07) is 6.52. The highest BCUT2D eigenvalue weighted by molar-refractivity contribution is 5.98. The summed E-state index contributed by atoms with van der Waals surface area (Å²) in [5, 5.41) is 18.5. The third-order valence-electron chi connectivity index (χ3n) is 7.01. The van der Waals surface area contributed by atoms with Gasteiger partial charge in [0.2, 0.25) is 11.8 Å². The molecule has 0 spiro atoms. The summed E-state index contributed by atoms with van der Waals surface area (Å²) in [4.78, 5) is 52.8. The van der Waals surface area contributed by atoms with Gasteiger partial charge in [0.15, 0.2) is 11.9 Å². The molecule has 1 aliphatic carbocycles. The second kappa shape index (κ2) is 14.2. The highest BCUT2D eigenvalue weighted by atomic mass is 16.6. The van der Waals surface area contributed by atoms with Crippen molar-refractivity contribution in [3.63, 3.8) is 0 Å². The van der Waals surface area contributed by atoms with E-state index in [0.717, 1.165) is 18.4 Å². The van der Waals surface area contributed by atoms with Crippen LogP contribution < -0.4 is 16.0 Å². The lowest BCUT2D eigenvalue weighted by Gasteiger charge is -2.27. The number of aliphatic hydroxyl groups is 1. The minimum Gasteiger partial charge on any atom is -0.381 e. The van der Waals surface area contributed by atoms with E-state index in [0.29, 0.717) is 19.4 Å². The molecule has 0 bridgehead atoms.